The zero-order valence-electron chi connectivity index (χ0n) is 13.4. The molecule has 23 heavy (non-hydrogen) atoms. The second kappa shape index (κ2) is 7.59. The van der Waals surface area contributed by atoms with Gasteiger partial charge in [-0.3, -0.25) is 0 Å². The van der Waals surface area contributed by atoms with E-state index in [1.807, 2.05) is 0 Å². The van der Waals surface area contributed by atoms with Gasteiger partial charge in [0.05, 0.1) is 0 Å². The van der Waals surface area contributed by atoms with Crippen molar-refractivity contribution >= 4 is 17.4 Å². The molecule has 1 saturated heterocycles. The van der Waals surface area contributed by atoms with Gasteiger partial charge in [-0.15, -0.1) is 0 Å². The molecular weight excluding hydrogens is 304 g/mol. The minimum atomic E-state index is -0.682. The summed E-state index contributed by atoms with van der Waals surface area (Å²) in [5.74, 6) is -1.48. The number of carbonyl (C=O) groups is 1. The van der Waals surface area contributed by atoms with E-state index in [0.717, 1.165) is 25.0 Å². The number of amides is 2. The minimum absolute atomic E-state index is 0.0317. The van der Waals surface area contributed by atoms with Crippen LogP contribution in [0.2, 0.25) is 0 Å². The molecule has 1 fully saturated rings. The first-order chi connectivity index (χ1) is 10.9. The lowest BCUT2D eigenvalue weighted by Crippen LogP contribution is -2.40. The van der Waals surface area contributed by atoms with E-state index in [1.54, 1.807) is 18.7 Å². The third-order valence-corrected chi connectivity index (χ3v) is 4.20. The van der Waals surface area contributed by atoms with Gasteiger partial charge in [-0.2, -0.15) is 0 Å². The summed E-state index contributed by atoms with van der Waals surface area (Å²) >= 11 is 0. The van der Waals surface area contributed by atoms with E-state index in [2.05, 4.69) is 10.6 Å². The maximum absolute atomic E-state index is 14.2. The second-order valence-corrected chi connectivity index (χ2v) is 6.03. The number of hydrogen-bond donors (Lipinski definition) is 3. The first-order valence-electron chi connectivity index (χ1n) is 7.84. The van der Waals surface area contributed by atoms with Crippen LogP contribution in [0, 0.1) is 17.6 Å². The maximum atomic E-state index is 14.2. The van der Waals surface area contributed by atoms with Gasteiger partial charge in [-0.25, -0.2) is 13.6 Å². The molecule has 0 bridgehead atoms. The van der Waals surface area contributed by atoms with Gasteiger partial charge in [0.1, 0.15) is 5.69 Å². The first-order valence-corrected chi connectivity index (χ1v) is 7.84. The molecule has 2 atom stereocenters. The van der Waals surface area contributed by atoms with Crippen LogP contribution in [0.1, 0.15) is 26.7 Å². The number of rotatable bonds is 5. The number of aliphatic hydroxyl groups is 1. The summed E-state index contributed by atoms with van der Waals surface area (Å²) in [5, 5.41) is 14.1. The van der Waals surface area contributed by atoms with Crippen molar-refractivity contribution in [3.63, 3.8) is 0 Å². The summed E-state index contributed by atoms with van der Waals surface area (Å²) in [7, 11) is 0. The van der Waals surface area contributed by atoms with E-state index >= 15 is 0 Å². The smallest absolute Gasteiger partial charge is 0.319 e. The van der Waals surface area contributed by atoms with E-state index in [0.29, 0.717) is 13.1 Å². The maximum Gasteiger partial charge on any atom is 0.319 e. The highest BCUT2D eigenvalue weighted by atomic mass is 19.1. The number of halogens is 2. The fraction of sp³-hybridized carbons (Fsp3) is 0.562. The molecule has 1 aliphatic heterocycles. The Morgan fingerprint density at radius 1 is 1.26 bits per heavy atom. The summed E-state index contributed by atoms with van der Waals surface area (Å²) in [6.07, 6.45) is 1.84. The Labute approximate surface area is 134 Å². The van der Waals surface area contributed by atoms with Crippen LogP contribution < -0.4 is 15.5 Å². The van der Waals surface area contributed by atoms with Crippen molar-refractivity contribution in [1.82, 2.24) is 5.32 Å². The number of benzene rings is 1. The molecular formula is C16H23F2N3O2. The summed E-state index contributed by atoms with van der Waals surface area (Å²) < 4.78 is 28.3. The quantitative estimate of drug-likeness (QED) is 0.779. The number of urea groups is 1. The molecule has 0 aliphatic carbocycles. The predicted octanol–water partition coefficient (Wildman–Crippen LogP) is 2.70. The van der Waals surface area contributed by atoms with E-state index < -0.39 is 17.7 Å². The molecule has 3 N–H and O–H groups in total. The molecule has 0 aromatic heterocycles. The standard InChI is InChI=1S/C16H23F2N3O2/c1-10(9-22)11(2)19-16(23)20-12-7-13(17)15(14(18)8-12)21-5-3-4-6-21/h7-8,10-11,22H,3-6,9H2,1-2H3,(H2,19,20,23). The number of anilines is 2. The molecule has 0 saturated carbocycles. The van der Waals surface area contributed by atoms with Crippen molar-refractivity contribution in [3.8, 4) is 0 Å². The zero-order valence-corrected chi connectivity index (χ0v) is 13.4. The largest absolute Gasteiger partial charge is 0.396 e. The van der Waals surface area contributed by atoms with Crippen LogP contribution in [-0.4, -0.2) is 36.9 Å². The highest BCUT2D eigenvalue weighted by Gasteiger charge is 2.21. The van der Waals surface area contributed by atoms with Crippen molar-refractivity contribution in [2.45, 2.75) is 32.7 Å². The molecule has 5 nitrogen and oxygen atoms in total. The fourth-order valence-corrected chi connectivity index (χ4v) is 2.55. The normalized spacial score (nSPS) is 17.0. The highest BCUT2D eigenvalue weighted by Crippen LogP contribution is 2.29. The Bertz CT molecular complexity index is 539. The van der Waals surface area contributed by atoms with Crippen molar-refractivity contribution in [1.29, 1.82) is 0 Å². The molecule has 7 heteroatoms. The Morgan fingerprint density at radius 2 is 1.83 bits per heavy atom. The lowest BCUT2D eigenvalue weighted by atomic mass is 10.1. The molecule has 1 aromatic rings. The monoisotopic (exact) mass is 327 g/mol. The molecule has 0 spiro atoms. The van der Waals surface area contributed by atoms with E-state index in [9.17, 15) is 13.6 Å². The SMILES string of the molecule is CC(CO)C(C)NC(=O)Nc1cc(F)c(N2CCCC2)c(F)c1. The number of nitrogens with one attached hydrogen (secondary N) is 2. The third kappa shape index (κ3) is 4.31. The van der Waals surface area contributed by atoms with Crippen LogP contribution in [0.15, 0.2) is 12.1 Å². The molecule has 2 unspecified atom stereocenters. The molecule has 1 aliphatic rings. The van der Waals surface area contributed by atoms with E-state index in [-0.39, 0.29) is 29.9 Å². The zero-order chi connectivity index (χ0) is 17.0. The molecule has 128 valence electrons. The van der Waals surface area contributed by atoms with Crippen LogP contribution in [0.4, 0.5) is 25.0 Å². The summed E-state index contributed by atoms with van der Waals surface area (Å²) in [6, 6.07) is 1.41. The Balaban J connectivity index is 2.05. The molecule has 1 heterocycles. The Kier molecular flexibility index (Phi) is 5.76. The lowest BCUT2D eigenvalue weighted by molar-refractivity contribution is 0.204. The van der Waals surface area contributed by atoms with Crippen LogP contribution in [-0.2, 0) is 0 Å². The van der Waals surface area contributed by atoms with Gasteiger partial charge in [0.15, 0.2) is 11.6 Å². The summed E-state index contributed by atoms with van der Waals surface area (Å²) in [5.41, 5.74) is 0.0278. The van der Waals surface area contributed by atoms with Gasteiger partial charge in [-0.05, 0) is 37.8 Å². The lowest BCUT2D eigenvalue weighted by Gasteiger charge is -2.21. The predicted molar refractivity (Wildman–Crippen MR) is 85.7 cm³/mol. The number of aliphatic hydroxyl groups excluding tert-OH is 1. The number of carbonyl (C=O) groups excluding carboxylic acids is 1. The molecule has 2 amide bonds. The molecule has 1 aromatic carbocycles. The van der Waals surface area contributed by atoms with Gasteiger partial charge in [0.25, 0.3) is 0 Å². The van der Waals surface area contributed by atoms with Gasteiger partial charge in [0.2, 0.25) is 0 Å². The van der Waals surface area contributed by atoms with Crippen molar-refractivity contribution in [2.24, 2.45) is 5.92 Å². The van der Waals surface area contributed by atoms with Crippen molar-refractivity contribution in [3.05, 3.63) is 23.8 Å². The van der Waals surface area contributed by atoms with Gasteiger partial charge in [-0.1, -0.05) is 6.92 Å². The summed E-state index contributed by atoms with van der Waals surface area (Å²) in [4.78, 5) is 13.5. The van der Waals surface area contributed by atoms with Crippen molar-refractivity contribution in [2.75, 3.05) is 29.9 Å². The average Bonchev–Trinajstić information content (AvgIpc) is 2.99. The fourth-order valence-electron chi connectivity index (χ4n) is 2.55. The van der Waals surface area contributed by atoms with E-state index in [4.69, 9.17) is 5.11 Å². The van der Waals surface area contributed by atoms with Crippen LogP contribution in [0.3, 0.4) is 0 Å². The van der Waals surface area contributed by atoms with Gasteiger partial charge >= 0.3 is 6.03 Å². The number of hydrogen-bond acceptors (Lipinski definition) is 3. The minimum Gasteiger partial charge on any atom is -0.396 e. The van der Waals surface area contributed by atoms with E-state index in [1.165, 1.54) is 0 Å². The number of nitrogens with zero attached hydrogens (tertiary/aromatic N) is 1. The second-order valence-electron chi connectivity index (χ2n) is 6.03. The van der Waals surface area contributed by atoms with Gasteiger partial charge in [0, 0.05) is 31.4 Å². The Morgan fingerprint density at radius 3 is 2.35 bits per heavy atom. The summed E-state index contributed by atoms with van der Waals surface area (Å²) in [6.45, 7) is 4.75. The third-order valence-electron chi connectivity index (χ3n) is 4.20. The Hall–Kier alpha value is -1.89. The highest BCUT2D eigenvalue weighted by molar-refractivity contribution is 5.89. The van der Waals surface area contributed by atoms with Crippen LogP contribution >= 0.6 is 0 Å². The van der Waals surface area contributed by atoms with Crippen LogP contribution in [0.5, 0.6) is 0 Å². The van der Waals surface area contributed by atoms with Crippen molar-refractivity contribution < 1.29 is 18.7 Å². The first kappa shape index (κ1) is 17.5. The van der Waals surface area contributed by atoms with Gasteiger partial charge < -0.3 is 20.6 Å². The topological polar surface area (TPSA) is 64.6 Å². The van der Waals surface area contributed by atoms with Crippen LogP contribution in [0.25, 0.3) is 0 Å². The average molecular weight is 327 g/mol. The molecule has 2 rings (SSSR count). The molecule has 0 radical (unpaired) electrons.